The second-order valence-corrected chi connectivity index (χ2v) is 12.4. The van der Waals surface area contributed by atoms with Gasteiger partial charge in [0.25, 0.3) is 10.0 Å². The predicted octanol–water partition coefficient (Wildman–Crippen LogP) is 5.15. The number of carbonyl (C=O) groups is 2. The Hall–Kier alpha value is -3.85. The van der Waals surface area contributed by atoms with Gasteiger partial charge in [0.15, 0.2) is 0 Å². The van der Waals surface area contributed by atoms with Crippen molar-refractivity contribution in [2.75, 3.05) is 18.0 Å². The molecule has 0 aliphatic rings. The van der Waals surface area contributed by atoms with E-state index in [1.165, 1.54) is 4.90 Å². The number of nitrogens with zero attached hydrogens (tertiary/aromatic N) is 2. The number of aryl methyl sites for hydroxylation is 3. The average Bonchev–Trinajstić information content (AvgIpc) is 2.93. The van der Waals surface area contributed by atoms with Crippen LogP contribution in [0.15, 0.2) is 71.6 Å². The molecule has 2 amide bonds. The zero-order valence-electron chi connectivity index (χ0n) is 25.0. The predicted molar refractivity (Wildman–Crippen MR) is 163 cm³/mol. The second-order valence-electron chi connectivity index (χ2n) is 10.6. The SMILES string of the molecule is CC[C@@H](C(=O)NC(C)C)N(Cc1cccc(OC)c1)C(=O)CN(c1ccc(C)c(C)c1)S(=O)(=O)c1ccc(C)cc1. The fourth-order valence-electron chi connectivity index (χ4n) is 4.51. The summed E-state index contributed by atoms with van der Waals surface area (Å²) in [4.78, 5) is 29.0. The molecule has 9 heteroatoms. The van der Waals surface area contributed by atoms with Crippen molar-refractivity contribution in [2.45, 2.75) is 71.5 Å². The molecule has 1 N–H and O–H groups in total. The lowest BCUT2D eigenvalue weighted by molar-refractivity contribution is -0.140. The highest BCUT2D eigenvalue weighted by Crippen LogP contribution is 2.27. The molecule has 0 saturated carbocycles. The first-order valence-corrected chi connectivity index (χ1v) is 15.2. The maximum Gasteiger partial charge on any atom is 0.264 e. The van der Waals surface area contributed by atoms with Crippen molar-refractivity contribution in [3.05, 3.63) is 89.0 Å². The molecule has 3 aromatic carbocycles. The van der Waals surface area contributed by atoms with E-state index in [-0.39, 0.29) is 23.4 Å². The van der Waals surface area contributed by atoms with Gasteiger partial charge >= 0.3 is 0 Å². The van der Waals surface area contributed by atoms with Gasteiger partial charge in [-0.05, 0) is 94.1 Å². The molecule has 0 fully saturated rings. The molecule has 0 heterocycles. The Morgan fingerprint density at radius 1 is 0.927 bits per heavy atom. The number of nitrogens with one attached hydrogen (secondary N) is 1. The molecule has 0 unspecified atom stereocenters. The molecule has 0 aromatic heterocycles. The van der Waals surface area contributed by atoms with E-state index >= 15 is 0 Å². The zero-order chi connectivity index (χ0) is 30.3. The van der Waals surface area contributed by atoms with Gasteiger partial charge in [-0.15, -0.1) is 0 Å². The van der Waals surface area contributed by atoms with Crippen LogP contribution in [-0.4, -0.2) is 50.9 Å². The molecule has 0 aliphatic carbocycles. The number of ether oxygens (including phenoxy) is 1. The summed E-state index contributed by atoms with van der Waals surface area (Å²) in [5, 5.41) is 2.91. The first kappa shape index (κ1) is 31.7. The van der Waals surface area contributed by atoms with Crippen LogP contribution in [-0.2, 0) is 26.2 Å². The molecule has 1 atom stereocenters. The third kappa shape index (κ3) is 7.88. The summed E-state index contributed by atoms with van der Waals surface area (Å²) in [6.45, 7) is 10.9. The Labute approximate surface area is 244 Å². The highest BCUT2D eigenvalue weighted by molar-refractivity contribution is 7.92. The van der Waals surface area contributed by atoms with Crippen LogP contribution >= 0.6 is 0 Å². The van der Waals surface area contributed by atoms with E-state index in [2.05, 4.69) is 5.32 Å². The molecule has 0 radical (unpaired) electrons. The minimum absolute atomic E-state index is 0.0815. The Morgan fingerprint density at radius 2 is 1.61 bits per heavy atom. The summed E-state index contributed by atoms with van der Waals surface area (Å²) < 4.78 is 34.5. The fraction of sp³-hybridized carbons (Fsp3) is 0.375. The maximum absolute atomic E-state index is 14.2. The van der Waals surface area contributed by atoms with Gasteiger partial charge in [0.1, 0.15) is 18.3 Å². The van der Waals surface area contributed by atoms with E-state index in [1.807, 2.05) is 59.7 Å². The quantitative estimate of drug-likeness (QED) is 0.320. The first-order chi connectivity index (χ1) is 19.4. The summed E-state index contributed by atoms with van der Waals surface area (Å²) in [6, 6.07) is 18.2. The Bertz CT molecular complexity index is 1470. The van der Waals surface area contributed by atoms with Crippen molar-refractivity contribution in [3.63, 3.8) is 0 Å². The summed E-state index contributed by atoms with van der Waals surface area (Å²) in [5.74, 6) is -0.168. The second kappa shape index (κ2) is 13.7. The normalized spacial score (nSPS) is 12.1. The molecule has 220 valence electrons. The number of amides is 2. The standard InChI is InChI=1S/C32H41N3O5S/c1-8-30(32(37)33-22(2)3)34(20-26-10-9-11-28(19-26)40-7)31(36)21-35(27-15-14-24(5)25(6)18-27)41(38,39)29-16-12-23(4)13-17-29/h9-19,22,30H,8,20-21H2,1-7H3,(H,33,37)/t30-/m0/s1. The number of rotatable bonds is 12. The Kier molecular flexibility index (Phi) is 10.6. The molecule has 41 heavy (non-hydrogen) atoms. The number of methoxy groups -OCH3 is 1. The van der Waals surface area contributed by atoms with E-state index in [0.717, 1.165) is 26.6 Å². The number of benzene rings is 3. The molecule has 0 spiro atoms. The van der Waals surface area contributed by atoms with Crippen LogP contribution in [0.5, 0.6) is 5.75 Å². The van der Waals surface area contributed by atoms with Gasteiger partial charge in [-0.2, -0.15) is 0 Å². The molecule has 0 bridgehead atoms. The van der Waals surface area contributed by atoms with Crippen molar-refractivity contribution in [3.8, 4) is 5.75 Å². The van der Waals surface area contributed by atoms with Gasteiger partial charge < -0.3 is 15.0 Å². The molecule has 0 aliphatic heterocycles. The van der Waals surface area contributed by atoms with Gasteiger partial charge in [-0.1, -0.05) is 42.8 Å². The minimum Gasteiger partial charge on any atom is -0.497 e. The van der Waals surface area contributed by atoms with E-state index < -0.39 is 28.5 Å². The summed E-state index contributed by atoms with van der Waals surface area (Å²) in [6.07, 6.45) is 0.350. The topological polar surface area (TPSA) is 96.0 Å². The average molecular weight is 580 g/mol. The minimum atomic E-state index is -4.12. The molecular weight excluding hydrogens is 538 g/mol. The van der Waals surface area contributed by atoms with Crippen molar-refractivity contribution in [2.24, 2.45) is 0 Å². The van der Waals surface area contributed by atoms with Crippen molar-refractivity contribution < 1.29 is 22.7 Å². The third-order valence-electron chi connectivity index (χ3n) is 6.97. The molecule has 0 saturated heterocycles. The number of carbonyl (C=O) groups excluding carboxylic acids is 2. The Balaban J connectivity index is 2.10. The third-order valence-corrected chi connectivity index (χ3v) is 8.76. The molecule has 8 nitrogen and oxygen atoms in total. The van der Waals surface area contributed by atoms with E-state index in [1.54, 1.807) is 55.6 Å². The van der Waals surface area contributed by atoms with Crippen molar-refractivity contribution in [1.29, 1.82) is 0 Å². The highest BCUT2D eigenvalue weighted by Gasteiger charge is 2.34. The largest absolute Gasteiger partial charge is 0.497 e. The van der Waals surface area contributed by atoms with Gasteiger partial charge in [0.2, 0.25) is 11.8 Å². The van der Waals surface area contributed by atoms with Crippen LogP contribution in [0, 0.1) is 20.8 Å². The molecular formula is C32H41N3O5S. The zero-order valence-corrected chi connectivity index (χ0v) is 25.8. The summed E-state index contributed by atoms with van der Waals surface area (Å²) >= 11 is 0. The van der Waals surface area contributed by atoms with Crippen LogP contribution in [0.3, 0.4) is 0 Å². The van der Waals surface area contributed by atoms with Gasteiger partial charge in [-0.3, -0.25) is 13.9 Å². The van der Waals surface area contributed by atoms with Gasteiger partial charge in [0.05, 0.1) is 17.7 Å². The lowest BCUT2D eigenvalue weighted by atomic mass is 10.1. The van der Waals surface area contributed by atoms with E-state index in [0.29, 0.717) is 17.9 Å². The molecule has 3 rings (SSSR count). The van der Waals surface area contributed by atoms with Crippen LogP contribution in [0.1, 0.15) is 49.4 Å². The summed E-state index contributed by atoms with van der Waals surface area (Å²) in [7, 11) is -2.56. The van der Waals surface area contributed by atoms with Crippen LogP contribution in [0.4, 0.5) is 5.69 Å². The monoisotopic (exact) mass is 579 g/mol. The van der Waals surface area contributed by atoms with E-state index in [9.17, 15) is 18.0 Å². The number of sulfonamides is 1. The Morgan fingerprint density at radius 3 is 2.20 bits per heavy atom. The fourth-order valence-corrected chi connectivity index (χ4v) is 5.92. The van der Waals surface area contributed by atoms with Crippen LogP contribution < -0.4 is 14.4 Å². The maximum atomic E-state index is 14.2. The number of hydrogen-bond acceptors (Lipinski definition) is 5. The lowest BCUT2D eigenvalue weighted by Gasteiger charge is -2.33. The molecule has 3 aromatic rings. The van der Waals surface area contributed by atoms with Crippen LogP contribution in [0.2, 0.25) is 0 Å². The number of hydrogen-bond donors (Lipinski definition) is 1. The summed E-state index contributed by atoms with van der Waals surface area (Å²) in [5.41, 5.74) is 3.96. The van der Waals surface area contributed by atoms with Crippen LogP contribution in [0.25, 0.3) is 0 Å². The smallest absolute Gasteiger partial charge is 0.264 e. The first-order valence-electron chi connectivity index (χ1n) is 13.8. The van der Waals surface area contributed by atoms with E-state index in [4.69, 9.17) is 4.74 Å². The van der Waals surface area contributed by atoms with Gasteiger partial charge in [-0.25, -0.2) is 8.42 Å². The lowest BCUT2D eigenvalue weighted by Crippen LogP contribution is -2.53. The number of anilines is 1. The van der Waals surface area contributed by atoms with Gasteiger partial charge in [0, 0.05) is 12.6 Å². The van der Waals surface area contributed by atoms with Crippen molar-refractivity contribution in [1.82, 2.24) is 10.2 Å². The van der Waals surface area contributed by atoms with Crippen molar-refractivity contribution >= 4 is 27.5 Å². The highest BCUT2D eigenvalue weighted by atomic mass is 32.2.